The van der Waals surface area contributed by atoms with E-state index in [9.17, 15) is 27.6 Å². The van der Waals surface area contributed by atoms with Crippen molar-refractivity contribution in [1.82, 2.24) is 9.88 Å². The van der Waals surface area contributed by atoms with Crippen LogP contribution in [0.5, 0.6) is 0 Å². The first-order valence-electron chi connectivity index (χ1n) is 10.1. The highest BCUT2D eigenvalue weighted by Gasteiger charge is 2.30. The van der Waals surface area contributed by atoms with Gasteiger partial charge in [0.1, 0.15) is 12.1 Å². The minimum absolute atomic E-state index is 0.0908. The second-order valence-corrected chi connectivity index (χ2v) is 7.14. The van der Waals surface area contributed by atoms with E-state index in [4.69, 9.17) is 4.74 Å². The number of rotatable bonds is 7. The van der Waals surface area contributed by atoms with Gasteiger partial charge >= 0.3 is 12.1 Å². The molecule has 33 heavy (non-hydrogen) atoms. The standard InChI is InChI=1S/C24H21F3N2O4/c1-2-33-21(30)15-29(14-16-8-10-18(11-9-16)24(25,26)27)23(32)19-12-13-20(28-22(19)31)17-6-4-3-5-7-17/h3-13H,2,14-15H2,1H3,(H,28,31). The number of aromatic nitrogens is 1. The molecule has 0 radical (unpaired) electrons. The molecule has 0 bridgehead atoms. The van der Waals surface area contributed by atoms with Crippen molar-refractivity contribution in [3.05, 3.63) is 93.8 Å². The van der Waals surface area contributed by atoms with Gasteiger partial charge in [0.2, 0.25) is 0 Å². The highest BCUT2D eigenvalue weighted by molar-refractivity contribution is 5.95. The quantitative estimate of drug-likeness (QED) is 0.537. The fourth-order valence-electron chi connectivity index (χ4n) is 3.18. The van der Waals surface area contributed by atoms with Crippen LogP contribution in [-0.2, 0) is 22.3 Å². The summed E-state index contributed by atoms with van der Waals surface area (Å²) in [6.07, 6.45) is -4.49. The number of ether oxygens (including phenoxy) is 1. The summed E-state index contributed by atoms with van der Waals surface area (Å²) < 4.78 is 43.4. The Morgan fingerprint density at radius 1 is 0.970 bits per heavy atom. The maximum atomic E-state index is 13.1. The predicted octanol–water partition coefficient (Wildman–Crippen LogP) is 4.27. The van der Waals surface area contributed by atoms with E-state index in [1.165, 1.54) is 18.2 Å². The average molecular weight is 458 g/mol. The van der Waals surface area contributed by atoms with Gasteiger partial charge in [-0.15, -0.1) is 0 Å². The zero-order chi connectivity index (χ0) is 24.0. The number of hydrogen-bond donors (Lipinski definition) is 1. The van der Waals surface area contributed by atoms with Crippen molar-refractivity contribution in [1.29, 1.82) is 0 Å². The van der Waals surface area contributed by atoms with Gasteiger partial charge in [-0.05, 0) is 42.3 Å². The smallest absolute Gasteiger partial charge is 0.416 e. The first-order chi connectivity index (χ1) is 15.7. The Labute approximate surface area is 187 Å². The summed E-state index contributed by atoms with van der Waals surface area (Å²) in [7, 11) is 0. The molecule has 0 saturated heterocycles. The van der Waals surface area contributed by atoms with Crippen molar-refractivity contribution >= 4 is 11.9 Å². The number of benzene rings is 2. The van der Waals surface area contributed by atoms with Crippen LogP contribution in [0.4, 0.5) is 13.2 Å². The number of amides is 1. The monoisotopic (exact) mass is 458 g/mol. The molecule has 0 fully saturated rings. The van der Waals surface area contributed by atoms with E-state index in [0.717, 1.165) is 22.6 Å². The molecule has 0 atom stereocenters. The van der Waals surface area contributed by atoms with Crippen LogP contribution in [0.15, 0.2) is 71.5 Å². The lowest BCUT2D eigenvalue weighted by Crippen LogP contribution is -2.38. The molecule has 2 aromatic carbocycles. The Balaban J connectivity index is 1.88. The van der Waals surface area contributed by atoms with Gasteiger partial charge in [-0.2, -0.15) is 13.2 Å². The number of aromatic amines is 1. The normalized spacial score (nSPS) is 11.2. The molecule has 1 aromatic heterocycles. The van der Waals surface area contributed by atoms with E-state index in [1.807, 2.05) is 6.07 Å². The van der Waals surface area contributed by atoms with Gasteiger partial charge in [-0.1, -0.05) is 42.5 Å². The molecule has 1 N–H and O–H groups in total. The molecule has 1 amide bonds. The van der Waals surface area contributed by atoms with Gasteiger partial charge in [-0.3, -0.25) is 14.4 Å². The topological polar surface area (TPSA) is 79.5 Å². The molecule has 0 aliphatic rings. The van der Waals surface area contributed by atoms with E-state index in [-0.39, 0.29) is 18.7 Å². The van der Waals surface area contributed by atoms with Gasteiger partial charge in [0.25, 0.3) is 11.5 Å². The van der Waals surface area contributed by atoms with Crippen molar-refractivity contribution in [3.8, 4) is 11.3 Å². The first-order valence-corrected chi connectivity index (χ1v) is 10.1. The molecule has 0 unspecified atom stereocenters. The maximum absolute atomic E-state index is 13.1. The number of carbonyl (C=O) groups is 2. The van der Waals surface area contributed by atoms with E-state index in [2.05, 4.69) is 4.98 Å². The van der Waals surface area contributed by atoms with Crippen molar-refractivity contribution in [3.63, 3.8) is 0 Å². The number of pyridine rings is 1. The van der Waals surface area contributed by atoms with E-state index >= 15 is 0 Å². The second kappa shape index (κ2) is 10.2. The molecule has 9 heteroatoms. The lowest BCUT2D eigenvalue weighted by atomic mass is 10.1. The Bertz CT molecular complexity index is 1170. The Morgan fingerprint density at radius 2 is 1.64 bits per heavy atom. The minimum atomic E-state index is -4.49. The number of nitrogens with zero attached hydrogens (tertiary/aromatic N) is 1. The zero-order valence-corrected chi connectivity index (χ0v) is 17.7. The summed E-state index contributed by atoms with van der Waals surface area (Å²) in [5.74, 6) is -1.45. The largest absolute Gasteiger partial charge is 0.465 e. The molecule has 3 rings (SSSR count). The first kappa shape index (κ1) is 23.8. The third-order valence-corrected chi connectivity index (χ3v) is 4.79. The maximum Gasteiger partial charge on any atom is 0.416 e. The zero-order valence-electron chi connectivity index (χ0n) is 17.7. The van der Waals surface area contributed by atoms with Crippen LogP contribution in [0.2, 0.25) is 0 Å². The third-order valence-electron chi connectivity index (χ3n) is 4.79. The fourth-order valence-corrected chi connectivity index (χ4v) is 3.18. The van der Waals surface area contributed by atoms with Crippen LogP contribution in [0, 0.1) is 0 Å². The van der Waals surface area contributed by atoms with Crippen LogP contribution in [0.1, 0.15) is 28.4 Å². The lowest BCUT2D eigenvalue weighted by Gasteiger charge is -2.22. The molecule has 1 heterocycles. The summed E-state index contributed by atoms with van der Waals surface area (Å²) in [6.45, 7) is 1.05. The van der Waals surface area contributed by atoms with Gasteiger partial charge in [-0.25, -0.2) is 0 Å². The fraction of sp³-hybridized carbons (Fsp3) is 0.208. The number of carbonyl (C=O) groups excluding carboxylic acids is 2. The number of H-pyrrole nitrogens is 1. The molecule has 0 saturated carbocycles. The van der Waals surface area contributed by atoms with Crippen molar-refractivity contribution in [2.75, 3.05) is 13.2 Å². The number of halogens is 3. The highest BCUT2D eigenvalue weighted by atomic mass is 19.4. The van der Waals surface area contributed by atoms with Crippen molar-refractivity contribution in [2.45, 2.75) is 19.6 Å². The summed E-state index contributed by atoms with van der Waals surface area (Å²) in [4.78, 5) is 41.5. The van der Waals surface area contributed by atoms with Crippen LogP contribution in [-0.4, -0.2) is 34.9 Å². The Hall–Kier alpha value is -3.88. The van der Waals surface area contributed by atoms with Gasteiger partial charge in [0.05, 0.1) is 12.2 Å². The summed E-state index contributed by atoms with van der Waals surface area (Å²) in [5.41, 5.74) is -0.0625. The second-order valence-electron chi connectivity index (χ2n) is 7.14. The number of nitrogens with one attached hydrogen (secondary N) is 1. The highest BCUT2D eigenvalue weighted by Crippen LogP contribution is 2.29. The van der Waals surface area contributed by atoms with E-state index in [1.54, 1.807) is 37.3 Å². The minimum Gasteiger partial charge on any atom is -0.465 e. The van der Waals surface area contributed by atoms with Gasteiger partial charge in [0.15, 0.2) is 0 Å². The lowest BCUT2D eigenvalue weighted by molar-refractivity contribution is -0.144. The molecule has 6 nitrogen and oxygen atoms in total. The SMILES string of the molecule is CCOC(=O)CN(Cc1ccc(C(F)(F)F)cc1)C(=O)c1ccc(-c2ccccc2)[nH]c1=O. The third kappa shape index (κ3) is 6.09. The van der Waals surface area contributed by atoms with Gasteiger partial charge < -0.3 is 14.6 Å². The molecular weight excluding hydrogens is 437 g/mol. The molecule has 3 aromatic rings. The molecular formula is C24H21F3N2O4. The molecule has 172 valence electrons. The van der Waals surface area contributed by atoms with Crippen LogP contribution < -0.4 is 5.56 Å². The van der Waals surface area contributed by atoms with Crippen LogP contribution in [0.25, 0.3) is 11.3 Å². The molecule has 0 aliphatic carbocycles. The van der Waals surface area contributed by atoms with Crippen LogP contribution >= 0.6 is 0 Å². The predicted molar refractivity (Wildman–Crippen MR) is 115 cm³/mol. The van der Waals surface area contributed by atoms with E-state index < -0.39 is 35.7 Å². The van der Waals surface area contributed by atoms with Crippen LogP contribution in [0.3, 0.4) is 0 Å². The molecule has 0 aliphatic heterocycles. The Kier molecular flexibility index (Phi) is 7.32. The number of esters is 1. The summed E-state index contributed by atoms with van der Waals surface area (Å²) in [5, 5.41) is 0. The van der Waals surface area contributed by atoms with Crippen molar-refractivity contribution in [2.24, 2.45) is 0 Å². The molecule has 0 spiro atoms. The van der Waals surface area contributed by atoms with Crippen molar-refractivity contribution < 1.29 is 27.5 Å². The average Bonchev–Trinajstić information content (AvgIpc) is 2.78. The van der Waals surface area contributed by atoms with Gasteiger partial charge in [0, 0.05) is 12.2 Å². The summed E-state index contributed by atoms with van der Waals surface area (Å²) in [6, 6.07) is 16.2. The summed E-state index contributed by atoms with van der Waals surface area (Å²) >= 11 is 0. The number of alkyl halides is 3. The van der Waals surface area contributed by atoms with E-state index in [0.29, 0.717) is 11.3 Å². The number of hydrogen-bond acceptors (Lipinski definition) is 4. The Morgan fingerprint density at radius 3 is 2.21 bits per heavy atom.